The van der Waals surface area contributed by atoms with Gasteiger partial charge in [0.25, 0.3) is 0 Å². The number of esters is 2. The Hall–Kier alpha value is -3.31. The number of nitrogens with zero attached hydrogens (tertiary/aromatic N) is 1. The van der Waals surface area contributed by atoms with Crippen molar-refractivity contribution in [2.75, 3.05) is 19.5 Å². The molecule has 0 unspecified atom stereocenters. The molecule has 8 heteroatoms. The summed E-state index contributed by atoms with van der Waals surface area (Å²) in [5.41, 5.74) is 0.827. The highest BCUT2D eigenvalue weighted by molar-refractivity contribution is 7.15. The van der Waals surface area contributed by atoms with Crippen LogP contribution in [0.25, 0.3) is 11.1 Å². The first kappa shape index (κ1) is 22.0. The van der Waals surface area contributed by atoms with Crippen molar-refractivity contribution in [2.45, 2.75) is 26.4 Å². The summed E-state index contributed by atoms with van der Waals surface area (Å²) in [4.78, 5) is 24.5. The number of anilines is 1. The maximum atomic E-state index is 12.4. The van der Waals surface area contributed by atoms with Crippen LogP contribution >= 0.6 is 11.3 Å². The molecule has 0 saturated heterocycles. The normalized spacial score (nSPS) is 11.4. The lowest BCUT2D eigenvalue weighted by Gasteiger charge is -2.18. The molecule has 1 aromatic carbocycles. The Morgan fingerprint density at radius 3 is 2.34 bits per heavy atom. The predicted molar refractivity (Wildman–Crippen MR) is 111 cm³/mol. The van der Waals surface area contributed by atoms with Crippen LogP contribution in [0.4, 0.5) is 5.00 Å². The van der Waals surface area contributed by atoms with Gasteiger partial charge in [-0.3, -0.25) is 0 Å². The number of carbonyl (C=O) groups is 2. The van der Waals surface area contributed by atoms with Gasteiger partial charge in [0.15, 0.2) is 5.57 Å². The van der Waals surface area contributed by atoms with Gasteiger partial charge in [0.1, 0.15) is 28.0 Å². The van der Waals surface area contributed by atoms with E-state index in [2.05, 4.69) is 5.32 Å². The van der Waals surface area contributed by atoms with Gasteiger partial charge in [-0.15, -0.1) is 11.3 Å². The second-order valence-electron chi connectivity index (χ2n) is 6.89. The lowest BCUT2D eigenvalue weighted by Crippen LogP contribution is -2.24. The molecule has 1 aromatic heterocycles. The average Bonchev–Trinajstić information content (AvgIpc) is 3.10. The Kier molecular flexibility index (Phi) is 7.02. The van der Waals surface area contributed by atoms with Gasteiger partial charge in [-0.25, -0.2) is 9.59 Å². The van der Waals surface area contributed by atoms with Gasteiger partial charge in [-0.05, 0) is 38.5 Å². The van der Waals surface area contributed by atoms with Gasteiger partial charge < -0.3 is 19.5 Å². The van der Waals surface area contributed by atoms with Crippen LogP contribution in [0.15, 0.2) is 41.4 Å². The fourth-order valence-corrected chi connectivity index (χ4v) is 3.29. The van der Waals surface area contributed by atoms with E-state index in [9.17, 15) is 14.9 Å². The van der Waals surface area contributed by atoms with Crippen LogP contribution in [-0.2, 0) is 14.3 Å². The highest BCUT2D eigenvalue weighted by Gasteiger charge is 2.23. The Balaban J connectivity index is 2.38. The number of benzene rings is 1. The lowest BCUT2D eigenvalue weighted by molar-refractivity contribution is -0.149. The summed E-state index contributed by atoms with van der Waals surface area (Å²) in [7, 11) is 2.87. The lowest BCUT2D eigenvalue weighted by atomic mass is 10.0. The highest BCUT2D eigenvalue weighted by Crippen LogP contribution is 2.36. The third-order valence-corrected chi connectivity index (χ3v) is 4.58. The van der Waals surface area contributed by atoms with Crippen molar-refractivity contribution >= 4 is 28.3 Å². The van der Waals surface area contributed by atoms with Gasteiger partial charge in [-0.2, -0.15) is 5.26 Å². The van der Waals surface area contributed by atoms with Crippen molar-refractivity contribution in [1.29, 1.82) is 5.26 Å². The quantitative estimate of drug-likeness (QED) is 0.426. The summed E-state index contributed by atoms with van der Waals surface area (Å²) < 4.78 is 15.3. The minimum atomic E-state index is -0.751. The van der Waals surface area contributed by atoms with E-state index in [0.29, 0.717) is 21.9 Å². The molecule has 0 saturated carbocycles. The Morgan fingerprint density at radius 2 is 1.83 bits per heavy atom. The number of hydrogen-bond donors (Lipinski definition) is 1. The number of ether oxygens (including phenoxy) is 3. The van der Waals surface area contributed by atoms with Crippen molar-refractivity contribution in [3.05, 3.63) is 47.0 Å². The number of methoxy groups -OCH3 is 2. The molecule has 0 spiro atoms. The zero-order valence-electron chi connectivity index (χ0n) is 16.9. The molecule has 0 aliphatic rings. The zero-order chi connectivity index (χ0) is 21.6. The Morgan fingerprint density at radius 1 is 1.17 bits per heavy atom. The highest BCUT2D eigenvalue weighted by atomic mass is 32.1. The molecule has 0 fully saturated rings. The molecule has 0 amide bonds. The van der Waals surface area contributed by atoms with Crippen molar-refractivity contribution in [3.8, 4) is 22.9 Å². The summed E-state index contributed by atoms with van der Waals surface area (Å²) in [6.07, 6.45) is 1.23. The molecule has 1 N–H and O–H groups in total. The van der Waals surface area contributed by atoms with Crippen LogP contribution in [-0.4, -0.2) is 31.8 Å². The molecule has 29 heavy (non-hydrogen) atoms. The molecule has 0 radical (unpaired) electrons. The monoisotopic (exact) mass is 414 g/mol. The fraction of sp³-hybridized carbons (Fsp3) is 0.286. The number of nitriles is 1. The summed E-state index contributed by atoms with van der Waals surface area (Å²) in [6, 6.07) is 9.04. The topological polar surface area (TPSA) is 97.6 Å². The number of hydrogen-bond acceptors (Lipinski definition) is 8. The van der Waals surface area contributed by atoms with E-state index in [-0.39, 0.29) is 5.57 Å². The molecular weight excluding hydrogens is 392 g/mol. The average molecular weight is 414 g/mol. The first-order valence-electron chi connectivity index (χ1n) is 8.64. The van der Waals surface area contributed by atoms with Gasteiger partial charge in [0.2, 0.25) is 0 Å². The SMILES string of the molecule is COC(=O)c1c(-c2ccc(OC)cc2)csc1N/C=C(\C#N)C(=O)OC(C)(C)C. The number of rotatable bonds is 6. The largest absolute Gasteiger partial charge is 0.497 e. The number of carbonyl (C=O) groups excluding carboxylic acids is 2. The van der Waals surface area contributed by atoms with Crippen LogP contribution < -0.4 is 10.1 Å². The standard InChI is InChI=1S/C21H22N2O5S/c1-21(2,3)28-19(24)14(10-22)11-23-18-17(20(25)27-5)16(12-29-18)13-6-8-15(26-4)9-7-13/h6-9,11-12,23H,1-5H3/b14-11+. The first-order valence-corrected chi connectivity index (χ1v) is 9.52. The third kappa shape index (κ3) is 5.59. The van der Waals surface area contributed by atoms with Crippen LogP contribution in [0, 0.1) is 11.3 Å². The molecule has 2 rings (SSSR count). The molecule has 0 atom stereocenters. The van der Waals surface area contributed by atoms with E-state index in [0.717, 1.165) is 5.56 Å². The van der Waals surface area contributed by atoms with Gasteiger partial charge in [-0.1, -0.05) is 12.1 Å². The van der Waals surface area contributed by atoms with E-state index >= 15 is 0 Å². The molecule has 7 nitrogen and oxygen atoms in total. The third-order valence-electron chi connectivity index (χ3n) is 3.67. The minimum absolute atomic E-state index is 0.213. The second kappa shape index (κ2) is 9.26. The van der Waals surface area contributed by atoms with E-state index in [1.165, 1.54) is 24.6 Å². The van der Waals surface area contributed by atoms with Crippen LogP contribution in [0.1, 0.15) is 31.1 Å². The summed E-state index contributed by atoms with van der Waals surface area (Å²) >= 11 is 1.25. The van der Waals surface area contributed by atoms with Gasteiger partial charge in [0, 0.05) is 17.1 Å². The second-order valence-corrected chi connectivity index (χ2v) is 7.77. The van der Waals surface area contributed by atoms with Crippen LogP contribution in [0.2, 0.25) is 0 Å². The number of nitrogens with one attached hydrogen (secondary N) is 1. The number of thiophene rings is 1. The Bertz CT molecular complexity index is 962. The minimum Gasteiger partial charge on any atom is -0.497 e. The maximum absolute atomic E-state index is 12.4. The summed E-state index contributed by atoms with van der Waals surface area (Å²) in [5, 5.41) is 14.4. The van der Waals surface area contributed by atoms with Crippen molar-refractivity contribution in [2.24, 2.45) is 0 Å². The van der Waals surface area contributed by atoms with Crippen molar-refractivity contribution in [1.82, 2.24) is 0 Å². The molecule has 0 aliphatic heterocycles. The van der Waals surface area contributed by atoms with Crippen LogP contribution in [0.5, 0.6) is 5.75 Å². The van der Waals surface area contributed by atoms with E-state index in [1.54, 1.807) is 45.4 Å². The molecule has 0 aliphatic carbocycles. The van der Waals surface area contributed by atoms with Crippen LogP contribution in [0.3, 0.4) is 0 Å². The molecule has 2 aromatic rings. The predicted octanol–water partition coefficient (Wildman–Crippen LogP) is 4.37. The molecular formula is C21H22N2O5S. The van der Waals surface area contributed by atoms with E-state index in [4.69, 9.17) is 14.2 Å². The molecule has 1 heterocycles. The molecule has 152 valence electrons. The summed E-state index contributed by atoms with van der Waals surface area (Å²) in [6.45, 7) is 5.13. The van der Waals surface area contributed by atoms with E-state index in [1.807, 2.05) is 18.2 Å². The smallest absolute Gasteiger partial charge is 0.350 e. The first-order chi connectivity index (χ1) is 13.7. The molecule has 0 bridgehead atoms. The fourth-order valence-electron chi connectivity index (χ4n) is 2.36. The van der Waals surface area contributed by atoms with Gasteiger partial charge in [0.05, 0.1) is 14.2 Å². The maximum Gasteiger partial charge on any atom is 0.350 e. The van der Waals surface area contributed by atoms with Crippen molar-refractivity contribution < 1.29 is 23.8 Å². The van der Waals surface area contributed by atoms with E-state index < -0.39 is 17.5 Å². The Labute approximate surface area is 173 Å². The zero-order valence-corrected chi connectivity index (χ0v) is 17.7. The van der Waals surface area contributed by atoms with Crippen molar-refractivity contribution in [3.63, 3.8) is 0 Å². The summed E-state index contributed by atoms with van der Waals surface area (Å²) in [5.74, 6) is -0.594. The van der Waals surface area contributed by atoms with Gasteiger partial charge >= 0.3 is 11.9 Å².